The van der Waals surface area contributed by atoms with Gasteiger partial charge in [-0.05, 0) is 37.6 Å². The van der Waals surface area contributed by atoms with Gasteiger partial charge in [0.25, 0.3) is 0 Å². The van der Waals surface area contributed by atoms with E-state index in [1.54, 1.807) is 25.3 Å². The van der Waals surface area contributed by atoms with E-state index in [1.165, 1.54) is 0 Å². The van der Waals surface area contributed by atoms with Crippen molar-refractivity contribution >= 4 is 5.78 Å². The third-order valence-electron chi connectivity index (χ3n) is 3.27. The van der Waals surface area contributed by atoms with E-state index in [0.717, 1.165) is 19.4 Å². The summed E-state index contributed by atoms with van der Waals surface area (Å²) in [4.78, 5) is 11.9. The van der Waals surface area contributed by atoms with Crippen LogP contribution in [0.2, 0.25) is 0 Å². The van der Waals surface area contributed by atoms with Gasteiger partial charge in [0.05, 0.1) is 13.7 Å². The Morgan fingerprint density at radius 2 is 2.30 bits per heavy atom. The highest BCUT2D eigenvalue weighted by molar-refractivity contribution is 5.96. The van der Waals surface area contributed by atoms with Gasteiger partial charge in [0.15, 0.2) is 17.3 Å². The lowest BCUT2D eigenvalue weighted by Gasteiger charge is -2.24. The second-order valence-electron chi connectivity index (χ2n) is 4.78. The number of carbonyl (C=O) groups excluding carboxylic acids is 1. The molecule has 1 saturated heterocycles. The van der Waals surface area contributed by atoms with Crippen LogP contribution in [0.1, 0.15) is 29.6 Å². The summed E-state index contributed by atoms with van der Waals surface area (Å²) in [6, 6.07) is 5.22. The van der Waals surface area contributed by atoms with Crippen molar-refractivity contribution in [2.75, 3.05) is 26.9 Å². The van der Waals surface area contributed by atoms with Gasteiger partial charge in [-0.25, -0.2) is 0 Å². The normalized spacial score (nSPS) is 18.6. The Balaban J connectivity index is 2.15. The molecule has 2 rings (SSSR count). The predicted octanol–water partition coefficient (Wildman–Crippen LogP) is 1.78. The monoisotopic (exact) mass is 279 g/mol. The summed E-state index contributed by atoms with van der Waals surface area (Å²) in [7, 11) is 1.58. The molecule has 0 amide bonds. The van der Waals surface area contributed by atoms with Crippen LogP contribution in [0.4, 0.5) is 0 Å². The first-order valence-electron chi connectivity index (χ1n) is 6.90. The second kappa shape index (κ2) is 7.26. The lowest BCUT2D eigenvalue weighted by Crippen LogP contribution is -2.28. The lowest BCUT2D eigenvalue weighted by molar-refractivity contribution is 0.00641. The molecule has 5 heteroatoms. The minimum atomic E-state index is 0.0116. The molecule has 1 aromatic rings. The van der Waals surface area contributed by atoms with Crippen molar-refractivity contribution in [1.29, 1.82) is 0 Å². The summed E-state index contributed by atoms with van der Waals surface area (Å²) in [6.45, 7) is 1.70. The van der Waals surface area contributed by atoms with Crippen molar-refractivity contribution in [3.63, 3.8) is 0 Å². The molecule has 0 spiro atoms. The zero-order chi connectivity index (χ0) is 14.4. The van der Waals surface area contributed by atoms with Crippen LogP contribution in [0, 0.1) is 0 Å². The first-order valence-corrected chi connectivity index (χ1v) is 6.90. The maximum Gasteiger partial charge on any atom is 0.164 e. The highest BCUT2D eigenvalue weighted by Crippen LogP contribution is 2.30. The van der Waals surface area contributed by atoms with Crippen molar-refractivity contribution in [1.82, 2.24) is 0 Å². The average molecular weight is 279 g/mol. The van der Waals surface area contributed by atoms with E-state index in [0.29, 0.717) is 36.6 Å². The number of carbonyl (C=O) groups is 1. The molecule has 1 aliphatic rings. The SMILES string of the molecule is COc1ccc(C(=O)CCN)cc1OC1CCCOC1. The number of methoxy groups -OCH3 is 1. The van der Waals surface area contributed by atoms with Gasteiger partial charge in [0, 0.05) is 18.6 Å². The van der Waals surface area contributed by atoms with Gasteiger partial charge in [-0.1, -0.05) is 0 Å². The molecule has 1 unspecified atom stereocenters. The fourth-order valence-electron chi connectivity index (χ4n) is 2.20. The van der Waals surface area contributed by atoms with Gasteiger partial charge in [0.2, 0.25) is 0 Å². The Labute approximate surface area is 119 Å². The molecule has 110 valence electrons. The Bertz CT molecular complexity index is 455. The number of benzene rings is 1. The summed E-state index contributed by atoms with van der Waals surface area (Å²) in [5.41, 5.74) is 6.02. The quantitative estimate of drug-likeness (QED) is 0.804. The summed E-state index contributed by atoms with van der Waals surface area (Å²) >= 11 is 0. The van der Waals surface area contributed by atoms with E-state index >= 15 is 0 Å². The number of nitrogens with two attached hydrogens (primary N) is 1. The van der Waals surface area contributed by atoms with Crippen molar-refractivity contribution in [3.8, 4) is 11.5 Å². The van der Waals surface area contributed by atoms with Gasteiger partial charge < -0.3 is 19.9 Å². The average Bonchev–Trinajstić information content (AvgIpc) is 2.48. The Kier molecular flexibility index (Phi) is 5.38. The number of ketones is 1. The van der Waals surface area contributed by atoms with Crippen LogP contribution in [-0.4, -0.2) is 38.8 Å². The molecule has 5 nitrogen and oxygen atoms in total. The van der Waals surface area contributed by atoms with Crippen LogP contribution in [0.5, 0.6) is 11.5 Å². The molecule has 20 heavy (non-hydrogen) atoms. The van der Waals surface area contributed by atoms with E-state index in [9.17, 15) is 4.79 Å². The number of rotatable bonds is 6. The van der Waals surface area contributed by atoms with Crippen LogP contribution >= 0.6 is 0 Å². The van der Waals surface area contributed by atoms with Crippen molar-refractivity contribution in [2.24, 2.45) is 5.73 Å². The Morgan fingerprint density at radius 3 is 2.95 bits per heavy atom. The molecular formula is C15H21NO4. The highest BCUT2D eigenvalue weighted by atomic mass is 16.5. The smallest absolute Gasteiger partial charge is 0.164 e. The largest absolute Gasteiger partial charge is 0.493 e. The first kappa shape index (κ1) is 14.8. The maximum absolute atomic E-state index is 11.9. The van der Waals surface area contributed by atoms with E-state index in [-0.39, 0.29) is 11.9 Å². The van der Waals surface area contributed by atoms with Gasteiger partial charge in [-0.2, -0.15) is 0 Å². The van der Waals surface area contributed by atoms with Crippen LogP contribution in [0.15, 0.2) is 18.2 Å². The molecule has 1 atom stereocenters. The van der Waals surface area contributed by atoms with Crippen molar-refractivity contribution < 1.29 is 19.0 Å². The molecule has 0 radical (unpaired) electrons. The summed E-state index contributed by atoms with van der Waals surface area (Å²) in [6.07, 6.45) is 2.28. The molecule has 1 aromatic carbocycles. The highest BCUT2D eigenvalue weighted by Gasteiger charge is 2.18. The number of Topliss-reactive ketones (excluding diaryl/α,β-unsaturated/α-hetero) is 1. The third-order valence-corrected chi connectivity index (χ3v) is 3.27. The lowest BCUT2D eigenvalue weighted by atomic mass is 10.1. The van der Waals surface area contributed by atoms with E-state index < -0.39 is 0 Å². The van der Waals surface area contributed by atoms with Crippen LogP contribution in [0.25, 0.3) is 0 Å². The number of ether oxygens (including phenoxy) is 3. The van der Waals surface area contributed by atoms with Crippen molar-refractivity contribution in [2.45, 2.75) is 25.4 Å². The predicted molar refractivity (Wildman–Crippen MR) is 75.5 cm³/mol. The van der Waals surface area contributed by atoms with Gasteiger partial charge in [-0.15, -0.1) is 0 Å². The fourth-order valence-corrected chi connectivity index (χ4v) is 2.20. The van der Waals surface area contributed by atoms with Crippen LogP contribution in [-0.2, 0) is 4.74 Å². The number of hydrogen-bond acceptors (Lipinski definition) is 5. The van der Waals surface area contributed by atoms with Gasteiger partial charge >= 0.3 is 0 Å². The zero-order valence-corrected chi connectivity index (χ0v) is 11.8. The molecule has 0 bridgehead atoms. The van der Waals surface area contributed by atoms with Crippen molar-refractivity contribution in [3.05, 3.63) is 23.8 Å². The molecule has 0 aromatic heterocycles. The minimum absolute atomic E-state index is 0.0116. The first-order chi connectivity index (χ1) is 9.74. The van der Waals surface area contributed by atoms with E-state index in [1.807, 2.05) is 0 Å². The second-order valence-corrected chi connectivity index (χ2v) is 4.78. The molecule has 1 aliphatic heterocycles. The van der Waals surface area contributed by atoms with E-state index in [4.69, 9.17) is 19.9 Å². The van der Waals surface area contributed by atoms with E-state index in [2.05, 4.69) is 0 Å². The summed E-state index contributed by atoms with van der Waals surface area (Å²) in [5.74, 6) is 1.23. The summed E-state index contributed by atoms with van der Waals surface area (Å²) < 4.78 is 16.6. The Hall–Kier alpha value is -1.59. The molecular weight excluding hydrogens is 258 g/mol. The molecule has 2 N–H and O–H groups in total. The van der Waals surface area contributed by atoms with Crippen LogP contribution in [0.3, 0.4) is 0 Å². The third kappa shape index (κ3) is 3.71. The van der Waals surface area contributed by atoms with Gasteiger partial charge in [0.1, 0.15) is 6.10 Å². The van der Waals surface area contributed by atoms with Gasteiger partial charge in [-0.3, -0.25) is 4.79 Å². The zero-order valence-electron chi connectivity index (χ0n) is 11.8. The van der Waals surface area contributed by atoms with Crippen LogP contribution < -0.4 is 15.2 Å². The maximum atomic E-state index is 11.9. The molecule has 1 fully saturated rings. The Morgan fingerprint density at radius 1 is 1.45 bits per heavy atom. The molecule has 1 heterocycles. The summed E-state index contributed by atoms with van der Waals surface area (Å²) in [5, 5.41) is 0. The standard InChI is InChI=1S/C15H21NO4/c1-18-14-5-4-11(13(17)6-7-16)9-15(14)20-12-3-2-8-19-10-12/h4-5,9,12H,2-3,6-8,10,16H2,1H3. The molecule has 0 aliphatic carbocycles. The molecule has 0 saturated carbocycles. The topological polar surface area (TPSA) is 70.8 Å². The number of hydrogen-bond donors (Lipinski definition) is 1. The minimum Gasteiger partial charge on any atom is -0.493 e. The fraction of sp³-hybridized carbons (Fsp3) is 0.533.